The fraction of sp³-hybridized carbons (Fsp3) is 0.250. The summed E-state index contributed by atoms with van der Waals surface area (Å²) in [6.45, 7) is 2.86. The number of nitrogens with zero attached hydrogens (tertiary/aromatic N) is 6. The number of halogens is 3. The first kappa shape index (κ1) is 16.7. The summed E-state index contributed by atoms with van der Waals surface area (Å²) in [5.74, 6) is 1.34. The van der Waals surface area contributed by atoms with Crippen LogP contribution < -0.4 is 0 Å². The lowest BCUT2D eigenvalue weighted by Gasteiger charge is -2.09. The zero-order chi connectivity index (χ0) is 18.3. The third kappa shape index (κ3) is 2.85. The second-order valence-electron chi connectivity index (χ2n) is 5.54. The lowest BCUT2D eigenvalue weighted by molar-refractivity contribution is -0.141. The molecule has 0 radical (unpaired) electrons. The number of thiazole rings is 1. The highest BCUT2D eigenvalue weighted by molar-refractivity contribution is 7.13. The number of alkyl halides is 3. The summed E-state index contributed by atoms with van der Waals surface area (Å²) < 4.78 is 42.4. The monoisotopic (exact) mass is 378 g/mol. The van der Waals surface area contributed by atoms with E-state index in [4.69, 9.17) is 0 Å². The molecule has 0 unspecified atom stereocenters. The van der Waals surface area contributed by atoms with Gasteiger partial charge in [-0.05, 0) is 13.0 Å². The fourth-order valence-electron chi connectivity index (χ4n) is 2.82. The van der Waals surface area contributed by atoms with Crippen molar-refractivity contribution in [2.45, 2.75) is 26.2 Å². The molecule has 0 amide bonds. The predicted octanol–water partition coefficient (Wildman–Crippen LogP) is 3.84. The van der Waals surface area contributed by atoms with E-state index in [9.17, 15) is 13.2 Å². The summed E-state index contributed by atoms with van der Waals surface area (Å²) >= 11 is 1.47. The second-order valence-corrected chi connectivity index (χ2v) is 6.44. The van der Waals surface area contributed by atoms with Crippen LogP contribution in [0.3, 0.4) is 0 Å². The van der Waals surface area contributed by atoms with Gasteiger partial charge in [0.2, 0.25) is 0 Å². The Morgan fingerprint density at radius 2 is 2.00 bits per heavy atom. The third-order valence-electron chi connectivity index (χ3n) is 3.97. The minimum absolute atomic E-state index is 0.278. The Hall–Kier alpha value is -2.75. The normalized spacial score (nSPS) is 12.2. The van der Waals surface area contributed by atoms with Gasteiger partial charge in [0.15, 0.2) is 10.8 Å². The van der Waals surface area contributed by atoms with Crippen molar-refractivity contribution in [2.75, 3.05) is 0 Å². The number of aromatic nitrogens is 6. The topological polar surface area (TPSA) is 61.4 Å². The molecule has 0 atom stereocenters. The molecule has 0 saturated carbocycles. The Balaban J connectivity index is 1.76. The molecular weight excluding hydrogens is 365 g/mol. The van der Waals surface area contributed by atoms with Crippen LogP contribution in [-0.4, -0.2) is 29.1 Å². The molecule has 0 aliphatic rings. The lowest BCUT2D eigenvalue weighted by atomic mass is 10.3. The molecule has 0 bridgehead atoms. The van der Waals surface area contributed by atoms with E-state index in [1.807, 2.05) is 21.4 Å². The molecule has 4 rings (SSSR count). The van der Waals surface area contributed by atoms with Crippen molar-refractivity contribution >= 4 is 22.4 Å². The molecular formula is C16H13F3N6S. The Bertz CT molecular complexity index is 1050. The van der Waals surface area contributed by atoms with Crippen LogP contribution in [0.2, 0.25) is 0 Å². The van der Waals surface area contributed by atoms with Crippen molar-refractivity contribution in [3.05, 3.63) is 47.8 Å². The van der Waals surface area contributed by atoms with Gasteiger partial charge in [-0.15, -0.1) is 11.3 Å². The zero-order valence-electron chi connectivity index (χ0n) is 13.6. The van der Waals surface area contributed by atoms with E-state index in [-0.39, 0.29) is 5.52 Å². The molecule has 0 fully saturated rings. The first-order valence-electron chi connectivity index (χ1n) is 7.80. The van der Waals surface area contributed by atoms with Crippen LogP contribution >= 0.6 is 11.3 Å². The molecule has 4 aromatic rings. The van der Waals surface area contributed by atoms with E-state index in [0.29, 0.717) is 30.3 Å². The average Bonchev–Trinajstić information content (AvgIpc) is 3.32. The van der Waals surface area contributed by atoms with Gasteiger partial charge in [0.05, 0.1) is 23.8 Å². The summed E-state index contributed by atoms with van der Waals surface area (Å²) in [7, 11) is 0. The molecule has 10 heteroatoms. The highest BCUT2D eigenvalue weighted by Gasteiger charge is 2.33. The van der Waals surface area contributed by atoms with Gasteiger partial charge in [0, 0.05) is 30.5 Å². The number of rotatable bonds is 4. The van der Waals surface area contributed by atoms with Gasteiger partial charge in [-0.1, -0.05) is 0 Å². The van der Waals surface area contributed by atoms with Crippen molar-refractivity contribution in [1.82, 2.24) is 29.1 Å². The molecule has 6 nitrogen and oxygen atoms in total. The highest BCUT2D eigenvalue weighted by Crippen LogP contribution is 2.30. The molecule has 0 aliphatic heterocycles. The van der Waals surface area contributed by atoms with Crippen molar-refractivity contribution in [1.29, 1.82) is 0 Å². The largest absolute Gasteiger partial charge is 0.433 e. The Kier molecular flexibility index (Phi) is 3.98. The summed E-state index contributed by atoms with van der Waals surface area (Å²) in [5.41, 5.74) is -0.0880. The molecule has 4 heterocycles. The molecule has 26 heavy (non-hydrogen) atoms. The van der Waals surface area contributed by atoms with E-state index in [0.717, 1.165) is 11.1 Å². The number of hydrogen-bond acceptors (Lipinski definition) is 5. The van der Waals surface area contributed by atoms with Crippen molar-refractivity contribution in [3.8, 4) is 10.8 Å². The highest BCUT2D eigenvalue weighted by atomic mass is 32.1. The minimum Gasteiger partial charge on any atom is -0.325 e. The standard InChI is InChI=1S/C16H13F3N6S/c1-2-25-11-8-22-12(16(17,18)19)7-10(11)23-13(25)9-24-5-3-20-14(24)15-21-4-6-26-15/h3-8H,2,9H2,1H3. The molecule has 0 spiro atoms. The molecule has 134 valence electrons. The smallest absolute Gasteiger partial charge is 0.325 e. The van der Waals surface area contributed by atoms with Gasteiger partial charge in [0.25, 0.3) is 0 Å². The van der Waals surface area contributed by atoms with Gasteiger partial charge in [0.1, 0.15) is 11.5 Å². The summed E-state index contributed by atoms with van der Waals surface area (Å²) in [6, 6.07) is 0.987. The van der Waals surface area contributed by atoms with Gasteiger partial charge >= 0.3 is 6.18 Å². The van der Waals surface area contributed by atoms with Crippen LogP contribution in [0.5, 0.6) is 0 Å². The number of fused-ring (bicyclic) bond motifs is 1. The van der Waals surface area contributed by atoms with Crippen LogP contribution in [0.25, 0.3) is 21.9 Å². The van der Waals surface area contributed by atoms with E-state index in [1.54, 1.807) is 18.6 Å². The molecule has 0 aliphatic carbocycles. The van der Waals surface area contributed by atoms with Crippen LogP contribution in [0.15, 0.2) is 36.2 Å². The van der Waals surface area contributed by atoms with Gasteiger partial charge in [-0.3, -0.25) is 0 Å². The first-order chi connectivity index (χ1) is 12.5. The lowest BCUT2D eigenvalue weighted by Crippen LogP contribution is -2.09. The quantitative estimate of drug-likeness (QED) is 0.541. The second kappa shape index (κ2) is 6.20. The Labute approximate surface area is 150 Å². The van der Waals surface area contributed by atoms with Crippen LogP contribution in [0.4, 0.5) is 13.2 Å². The van der Waals surface area contributed by atoms with Crippen molar-refractivity contribution in [2.24, 2.45) is 0 Å². The third-order valence-corrected chi connectivity index (χ3v) is 4.74. The van der Waals surface area contributed by atoms with Crippen LogP contribution in [-0.2, 0) is 19.3 Å². The zero-order valence-corrected chi connectivity index (χ0v) is 14.4. The van der Waals surface area contributed by atoms with Crippen molar-refractivity contribution in [3.63, 3.8) is 0 Å². The minimum atomic E-state index is -4.49. The Morgan fingerprint density at radius 3 is 2.69 bits per heavy atom. The van der Waals surface area contributed by atoms with Crippen LogP contribution in [0, 0.1) is 0 Å². The summed E-state index contributed by atoms with van der Waals surface area (Å²) in [4.78, 5) is 16.5. The molecule has 0 aromatic carbocycles. The van der Waals surface area contributed by atoms with E-state index < -0.39 is 11.9 Å². The van der Waals surface area contributed by atoms with Crippen LogP contribution in [0.1, 0.15) is 18.4 Å². The van der Waals surface area contributed by atoms with E-state index >= 15 is 0 Å². The van der Waals surface area contributed by atoms with Gasteiger partial charge < -0.3 is 9.13 Å². The van der Waals surface area contributed by atoms with Gasteiger partial charge in [-0.2, -0.15) is 13.2 Å². The Morgan fingerprint density at radius 1 is 1.15 bits per heavy atom. The first-order valence-corrected chi connectivity index (χ1v) is 8.68. The number of imidazole rings is 2. The molecule has 0 saturated heterocycles. The number of pyridine rings is 1. The number of aryl methyl sites for hydroxylation is 1. The maximum Gasteiger partial charge on any atom is 0.433 e. The maximum atomic E-state index is 12.9. The molecule has 4 aromatic heterocycles. The summed E-state index contributed by atoms with van der Waals surface area (Å²) in [6.07, 6.45) is 1.90. The predicted molar refractivity (Wildman–Crippen MR) is 90.6 cm³/mol. The van der Waals surface area contributed by atoms with Gasteiger partial charge in [-0.25, -0.2) is 19.9 Å². The maximum absolute atomic E-state index is 12.9. The molecule has 0 N–H and O–H groups in total. The SMILES string of the molecule is CCn1c(Cn2ccnc2-c2nccs2)nc2cc(C(F)(F)F)ncc21. The number of hydrogen-bond donors (Lipinski definition) is 0. The average molecular weight is 378 g/mol. The fourth-order valence-corrected chi connectivity index (χ4v) is 3.47. The summed E-state index contributed by atoms with van der Waals surface area (Å²) in [5, 5.41) is 2.63. The van der Waals surface area contributed by atoms with E-state index in [1.165, 1.54) is 17.5 Å². The van der Waals surface area contributed by atoms with E-state index in [2.05, 4.69) is 19.9 Å². The van der Waals surface area contributed by atoms with Crippen molar-refractivity contribution < 1.29 is 13.2 Å².